The molecule has 0 saturated heterocycles. The number of benzene rings is 2. The van der Waals surface area contributed by atoms with Crippen molar-refractivity contribution < 1.29 is 4.79 Å². The fraction of sp³-hybridized carbons (Fsp3) is 0.222. The molecule has 0 unspecified atom stereocenters. The molecule has 2 rings (SSSR count). The van der Waals surface area contributed by atoms with E-state index in [1.807, 2.05) is 37.3 Å². The number of para-hydroxylation sites is 1. The van der Waals surface area contributed by atoms with Crippen molar-refractivity contribution in [3.63, 3.8) is 0 Å². The van der Waals surface area contributed by atoms with Crippen molar-refractivity contribution in [1.82, 2.24) is 0 Å². The Labute approximate surface area is 120 Å². The third-order valence-corrected chi connectivity index (χ3v) is 3.41. The normalized spacial score (nSPS) is 11.5. The molecule has 0 aromatic heterocycles. The Balaban J connectivity index is 2.45. The summed E-state index contributed by atoms with van der Waals surface area (Å²) < 4.78 is 0. The maximum Gasteiger partial charge on any atom is 0.159 e. The number of nitrogens with zero attached hydrogens (tertiary/aromatic N) is 1. The van der Waals surface area contributed by atoms with Crippen LogP contribution in [0.1, 0.15) is 40.9 Å². The molecular formula is C18H19NO. The number of ketones is 1. The van der Waals surface area contributed by atoms with Crippen molar-refractivity contribution in [3.05, 3.63) is 64.7 Å². The van der Waals surface area contributed by atoms with Crippen molar-refractivity contribution in [3.8, 4) is 0 Å². The zero-order valence-corrected chi connectivity index (χ0v) is 12.4. The van der Waals surface area contributed by atoms with E-state index in [1.54, 1.807) is 6.92 Å². The summed E-state index contributed by atoms with van der Waals surface area (Å²) in [4.78, 5) is 16.2. The Morgan fingerprint density at radius 3 is 2.05 bits per heavy atom. The third-order valence-electron chi connectivity index (χ3n) is 3.41. The van der Waals surface area contributed by atoms with E-state index in [4.69, 9.17) is 4.99 Å². The van der Waals surface area contributed by atoms with Gasteiger partial charge in [-0.25, -0.2) is 0 Å². The van der Waals surface area contributed by atoms with Gasteiger partial charge >= 0.3 is 0 Å². The molecule has 0 aliphatic heterocycles. The number of hydrogen-bond acceptors (Lipinski definition) is 2. The lowest BCUT2D eigenvalue weighted by Gasteiger charge is -2.07. The minimum absolute atomic E-state index is 0.0757. The maximum atomic E-state index is 11.4. The molecular weight excluding hydrogens is 246 g/mol. The lowest BCUT2D eigenvalue weighted by Crippen LogP contribution is -1.99. The molecule has 2 nitrogen and oxygen atoms in total. The van der Waals surface area contributed by atoms with Gasteiger partial charge in [-0.15, -0.1) is 0 Å². The molecule has 0 radical (unpaired) electrons. The first-order chi connectivity index (χ1) is 9.49. The molecule has 0 amide bonds. The molecule has 0 spiro atoms. The number of Topliss-reactive ketones (excluding diaryl/α,β-unsaturated/α-hetero) is 1. The molecule has 0 saturated carbocycles. The maximum absolute atomic E-state index is 11.4. The third kappa shape index (κ3) is 3.02. The predicted octanol–water partition coefficient (Wildman–Crippen LogP) is 4.65. The van der Waals surface area contributed by atoms with Crippen LogP contribution in [0.3, 0.4) is 0 Å². The summed E-state index contributed by atoms with van der Waals surface area (Å²) in [7, 11) is 0. The van der Waals surface area contributed by atoms with E-state index in [-0.39, 0.29) is 5.78 Å². The van der Waals surface area contributed by atoms with Crippen molar-refractivity contribution in [1.29, 1.82) is 0 Å². The first kappa shape index (κ1) is 14.2. The molecule has 0 N–H and O–H groups in total. The summed E-state index contributed by atoms with van der Waals surface area (Å²) in [5, 5.41) is 0. The van der Waals surface area contributed by atoms with Gasteiger partial charge in [0.05, 0.1) is 5.69 Å². The highest BCUT2D eigenvalue weighted by molar-refractivity contribution is 6.03. The fourth-order valence-corrected chi connectivity index (χ4v) is 2.18. The van der Waals surface area contributed by atoms with E-state index in [1.165, 1.54) is 0 Å². The van der Waals surface area contributed by atoms with E-state index >= 15 is 0 Å². The molecule has 0 aliphatic carbocycles. The molecule has 0 bridgehead atoms. The van der Waals surface area contributed by atoms with Gasteiger partial charge in [-0.1, -0.05) is 36.4 Å². The SMILES string of the molecule is CC(=O)c1cccc(C(C)=Nc2c(C)cccc2C)c1. The van der Waals surface area contributed by atoms with Crippen molar-refractivity contribution >= 4 is 17.2 Å². The molecule has 0 heterocycles. The summed E-state index contributed by atoms with van der Waals surface area (Å²) in [6.45, 7) is 7.68. The Bertz CT molecular complexity index is 663. The van der Waals surface area contributed by atoms with Crippen LogP contribution >= 0.6 is 0 Å². The molecule has 0 fully saturated rings. The van der Waals surface area contributed by atoms with E-state index in [0.29, 0.717) is 0 Å². The van der Waals surface area contributed by atoms with Crippen molar-refractivity contribution in [2.75, 3.05) is 0 Å². The van der Waals surface area contributed by atoms with Gasteiger partial charge in [-0.3, -0.25) is 9.79 Å². The van der Waals surface area contributed by atoms with Crippen molar-refractivity contribution in [2.24, 2.45) is 4.99 Å². The highest BCUT2D eigenvalue weighted by Crippen LogP contribution is 2.24. The van der Waals surface area contributed by atoms with Crippen LogP contribution in [0.15, 0.2) is 47.5 Å². The van der Waals surface area contributed by atoms with Crippen LogP contribution in [0, 0.1) is 13.8 Å². The Morgan fingerprint density at radius 1 is 0.900 bits per heavy atom. The van der Waals surface area contributed by atoms with Crippen LogP contribution in [0.4, 0.5) is 5.69 Å². The molecule has 2 aromatic carbocycles. The first-order valence-electron chi connectivity index (χ1n) is 6.72. The van der Waals surface area contributed by atoms with E-state index in [0.717, 1.165) is 33.7 Å². The smallest absolute Gasteiger partial charge is 0.159 e. The quantitative estimate of drug-likeness (QED) is 0.587. The standard InChI is InChI=1S/C18H19NO/c1-12-7-5-8-13(2)18(12)19-14(3)16-9-6-10-17(11-16)15(4)20/h5-11H,1-4H3. The molecule has 2 heteroatoms. The average molecular weight is 265 g/mol. The summed E-state index contributed by atoms with van der Waals surface area (Å²) >= 11 is 0. The lowest BCUT2D eigenvalue weighted by molar-refractivity contribution is 0.101. The number of carbonyl (C=O) groups is 1. The van der Waals surface area contributed by atoms with Gasteiger partial charge in [0.1, 0.15) is 0 Å². The predicted molar refractivity (Wildman–Crippen MR) is 84.2 cm³/mol. The monoisotopic (exact) mass is 265 g/mol. The second kappa shape index (κ2) is 5.83. The van der Waals surface area contributed by atoms with Gasteiger partial charge in [0.2, 0.25) is 0 Å². The molecule has 102 valence electrons. The Hall–Kier alpha value is -2.22. The van der Waals surface area contributed by atoms with Crippen LogP contribution in [-0.2, 0) is 0 Å². The largest absolute Gasteiger partial charge is 0.295 e. The van der Waals surface area contributed by atoms with E-state index in [9.17, 15) is 4.79 Å². The molecule has 0 atom stereocenters. The van der Waals surface area contributed by atoms with Gasteiger partial charge in [-0.05, 0) is 50.5 Å². The summed E-state index contributed by atoms with van der Waals surface area (Å²) in [5.74, 6) is 0.0757. The van der Waals surface area contributed by atoms with Gasteiger partial charge in [-0.2, -0.15) is 0 Å². The zero-order chi connectivity index (χ0) is 14.7. The summed E-state index contributed by atoms with van der Waals surface area (Å²) in [6.07, 6.45) is 0. The number of carbonyl (C=O) groups excluding carboxylic acids is 1. The highest BCUT2D eigenvalue weighted by Gasteiger charge is 2.05. The van der Waals surface area contributed by atoms with Crippen molar-refractivity contribution in [2.45, 2.75) is 27.7 Å². The molecule has 2 aromatic rings. The van der Waals surface area contributed by atoms with Gasteiger partial charge in [0, 0.05) is 11.3 Å². The van der Waals surface area contributed by atoms with Gasteiger partial charge < -0.3 is 0 Å². The minimum atomic E-state index is 0.0757. The highest BCUT2D eigenvalue weighted by atomic mass is 16.1. The van der Waals surface area contributed by atoms with Crippen LogP contribution < -0.4 is 0 Å². The second-order valence-electron chi connectivity index (χ2n) is 5.07. The topological polar surface area (TPSA) is 29.4 Å². The van der Waals surface area contributed by atoms with E-state index < -0.39 is 0 Å². The van der Waals surface area contributed by atoms with E-state index in [2.05, 4.69) is 26.0 Å². The zero-order valence-electron chi connectivity index (χ0n) is 12.4. The molecule has 20 heavy (non-hydrogen) atoms. The first-order valence-corrected chi connectivity index (χ1v) is 6.72. The van der Waals surface area contributed by atoms with Crippen LogP contribution in [0.25, 0.3) is 0 Å². The number of rotatable bonds is 3. The fourth-order valence-electron chi connectivity index (χ4n) is 2.18. The van der Waals surface area contributed by atoms with Gasteiger partial charge in [0.15, 0.2) is 5.78 Å². The summed E-state index contributed by atoms with van der Waals surface area (Å²) in [5.41, 5.74) is 5.96. The van der Waals surface area contributed by atoms with Gasteiger partial charge in [0.25, 0.3) is 0 Å². The number of aryl methyl sites for hydroxylation is 2. The lowest BCUT2D eigenvalue weighted by atomic mass is 10.0. The number of hydrogen-bond donors (Lipinski definition) is 0. The second-order valence-corrected chi connectivity index (χ2v) is 5.07. The average Bonchev–Trinajstić information content (AvgIpc) is 2.43. The minimum Gasteiger partial charge on any atom is -0.295 e. The Kier molecular flexibility index (Phi) is 4.14. The summed E-state index contributed by atoms with van der Waals surface area (Å²) in [6, 6.07) is 13.8. The van der Waals surface area contributed by atoms with Crippen LogP contribution in [0.2, 0.25) is 0 Å². The number of aliphatic imine (C=N–C) groups is 1. The Morgan fingerprint density at radius 2 is 1.45 bits per heavy atom. The van der Waals surface area contributed by atoms with Crippen LogP contribution in [-0.4, -0.2) is 11.5 Å². The molecule has 0 aliphatic rings. The van der Waals surface area contributed by atoms with Crippen LogP contribution in [0.5, 0.6) is 0 Å².